The molecule has 2 aliphatic rings. The fourth-order valence-electron chi connectivity index (χ4n) is 5.51. The lowest BCUT2D eigenvalue weighted by atomic mass is 9.65. The minimum atomic E-state index is -0.187. The van der Waals surface area contributed by atoms with Gasteiger partial charge in [-0.15, -0.1) is 11.3 Å². The lowest BCUT2D eigenvalue weighted by molar-refractivity contribution is -0.125. The molecule has 0 unspecified atom stereocenters. The Morgan fingerprint density at radius 1 is 1.17 bits per heavy atom. The standard InChI is InChI=1S/C27H26N6O2S/c1-3-24(34)32-11-10-27(16-32)12-19(13-27)33-21-7-5-4-6-20(21)30-26(33)31-25(35)23-9-8-22(36-23)18-14-28-17(2)29-15-18/h3-9,14-15,19H,1,10-13,16H2,2H3,(H,30,31,35)/t19-,27-. The van der Waals surface area contributed by atoms with Gasteiger partial charge >= 0.3 is 0 Å². The number of fused-ring (bicyclic) bond motifs is 1. The molecule has 1 aliphatic carbocycles. The third kappa shape index (κ3) is 3.89. The topological polar surface area (TPSA) is 93.0 Å². The highest BCUT2D eigenvalue weighted by atomic mass is 32.1. The van der Waals surface area contributed by atoms with Gasteiger partial charge in [0.05, 0.1) is 15.9 Å². The molecule has 4 aromatic rings. The number of benzene rings is 1. The Kier molecular flexibility index (Phi) is 5.44. The summed E-state index contributed by atoms with van der Waals surface area (Å²) in [6.45, 7) is 7.01. The molecule has 0 radical (unpaired) electrons. The molecule has 1 saturated carbocycles. The molecular formula is C27H26N6O2S. The number of likely N-dealkylation sites (tertiary alicyclic amines) is 1. The summed E-state index contributed by atoms with van der Waals surface area (Å²) < 4.78 is 2.17. The van der Waals surface area contributed by atoms with E-state index in [4.69, 9.17) is 4.98 Å². The minimum absolute atomic E-state index is 0.00359. The van der Waals surface area contributed by atoms with E-state index in [2.05, 4.69) is 26.4 Å². The van der Waals surface area contributed by atoms with Crippen LogP contribution in [-0.4, -0.2) is 49.3 Å². The Balaban J connectivity index is 1.24. The molecule has 4 heterocycles. The SMILES string of the molecule is C=CC(=O)N1CC[C@]2(C1)C[C@H](n1c(NC(=O)c3ccc(-c4cnc(C)nc4)s3)nc3ccccc31)C2. The number of nitrogens with one attached hydrogen (secondary N) is 1. The third-order valence-electron chi connectivity index (χ3n) is 7.34. The van der Waals surface area contributed by atoms with Crippen LogP contribution in [-0.2, 0) is 4.79 Å². The molecule has 36 heavy (non-hydrogen) atoms. The van der Waals surface area contributed by atoms with Gasteiger partial charge in [0.25, 0.3) is 5.91 Å². The molecule has 1 saturated heterocycles. The Labute approximate surface area is 212 Å². The van der Waals surface area contributed by atoms with Crippen LogP contribution in [0.15, 0.2) is 61.4 Å². The van der Waals surface area contributed by atoms with E-state index in [-0.39, 0.29) is 23.3 Å². The number of hydrogen-bond donors (Lipinski definition) is 1. The third-order valence-corrected chi connectivity index (χ3v) is 8.48. The molecule has 8 nitrogen and oxygen atoms in total. The van der Waals surface area contributed by atoms with Crippen LogP contribution < -0.4 is 5.32 Å². The fourth-order valence-corrected chi connectivity index (χ4v) is 6.38. The van der Waals surface area contributed by atoms with Crippen molar-refractivity contribution in [3.05, 3.63) is 72.1 Å². The van der Waals surface area contributed by atoms with Gasteiger partial charge in [-0.2, -0.15) is 0 Å². The molecule has 0 atom stereocenters. The lowest BCUT2D eigenvalue weighted by Crippen LogP contribution is -2.42. The minimum Gasteiger partial charge on any atom is -0.339 e. The van der Waals surface area contributed by atoms with Gasteiger partial charge in [-0.1, -0.05) is 18.7 Å². The summed E-state index contributed by atoms with van der Waals surface area (Å²) in [5.41, 5.74) is 2.88. The van der Waals surface area contributed by atoms with Crippen molar-refractivity contribution in [3.8, 4) is 10.4 Å². The maximum Gasteiger partial charge on any atom is 0.268 e. The Morgan fingerprint density at radius 3 is 2.72 bits per heavy atom. The van der Waals surface area contributed by atoms with Gasteiger partial charge in [0.2, 0.25) is 11.9 Å². The van der Waals surface area contributed by atoms with E-state index in [1.54, 1.807) is 12.4 Å². The van der Waals surface area contributed by atoms with Crippen molar-refractivity contribution < 1.29 is 9.59 Å². The number of nitrogens with zero attached hydrogens (tertiary/aromatic N) is 5. The van der Waals surface area contributed by atoms with Gasteiger partial charge in [0, 0.05) is 42.0 Å². The maximum atomic E-state index is 13.2. The highest BCUT2D eigenvalue weighted by Gasteiger charge is 2.50. The predicted molar refractivity (Wildman–Crippen MR) is 140 cm³/mol. The van der Waals surface area contributed by atoms with Gasteiger partial charge in [-0.3, -0.25) is 14.9 Å². The summed E-state index contributed by atoms with van der Waals surface area (Å²) in [5, 5.41) is 3.07. The number of aryl methyl sites for hydroxylation is 1. The van der Waals surface area contributed by atoms with E-state index in [9.17, 15) is 9.59 Å². The van der Waals surface area contributed by atoms with E-state index >= 15 is 0 Å². The maximum absolute atomic E-state index is 13.2. The molecular weight excluding hydrogens is 472 g/mol. The molecule has 1 aliphatic heterocycles. The number of rotatable bonds is 5. The molecule has 1 N–H and O–H groups in total. The van der Waals surface area contributed by atoms with E-state index in [0.717, 1.165) is 53.8 Å². The summed E-state index contributed by atoms with van der Waals surface area (Å²) in [7, 11) is 0. The van der Waals surface area contributed by atoms with Crippen molar-refractivity contribution in [3.63, 3.8) is 0 Å². The van der Waals surface area contributed by atoms with Crippen molar-refractivity contribution in [2.24, 2.45) is 5.41 Å². The van der Waals surface area contributed by atoms with Crippen LogP contribution in [0.25, 0.3) is 21.5 Å². The van der Waals surface area contributed by atoms with Gasteiger partial charge < -0.3 is 9.47 Å². The van der Waals surface area contributed by atoms with E-state index in [0.29, 0.717) is 16.6 Å². The zero-order chi connectivity index (χ0) is 24.9. The number of aromatic nitrogens is 4. The van der Waals surface area contributed by atoms with Gasteiger partial charge in [0.1, 0.15) is 5.82 Å². The second kappa shape index (κ2) is 8.67. The molecule has 3 aromatic heterocycles. The molecule has 1 spiro atoms. The van der Waals surface area contributed by atoms with Gasteiger partial charge in [0.15, 0.2) is 0 Å². The molecule has 2 amide bonds. The van der Waals surface area contributed by atoms with E-state index in [1.165, 1.54) is 17.4 Å². The van der Waals surface area contributed by atoms with Crippen molar-refractivity contribution in [2.45, 2.75) is 32.2 Å². The van der Waals surface area contributed by atoms with Crippen LogP contribution in [0.1, 0.15) is 40.8 Å². The predicted octanol–water partition coefficient (Wildman–Crippen LogP) is 4.86. The van der Waals surface area contributed by atoms with Crippen molar-refractivity contribution >= 4 is 40.1 Å². The molecule has 6 rings (SSSR count). The number of amides is 2. The number of thiophene rings is 1. The second-order valence-electron chi connectivity index (χ2n) is 9.71. The van der Waals surface area contributed by atoms with Crippen LogP contribution in [0.4, 0.5) is 5.95 Å². The van der Waals surface area contributed by atoms with Crippen LogP contribution in [0.5, 0.6) is 0 Å². The number of imidazole rings is 1. The number of para-hydroxylation sites is 2. The largest absolute Gasteiger partial charge is 0.339 e. The monoisotopic (exact) mass is 498 g/mol. The zero-order valence-electron chi connectivity index (χ0n) is 20.0. The average Bonchev–Trinajstić information content (AvgIpc) is 3.60. The van der Waals surface area contributed by atoms with E-state index in [1.807, 2.05) is 48.2 Å². The van der Waals surface area contributed by atoms with Crippen LogP contribution >= 0.6 is 11.3 Å². The smallest absolute Gasteiger partial charge is 0.268 e. The quantitative estimate of drug-likeness (QED) is 0.397. The average molecular weight is 499 g/mol. The Hall–Kier alpha value is -3.85. The Bertz CT molecular complexity index is 1480. The van der Waals surface area contributed by atoms with Crippen LogP contribution in [0, 0.1) is 12.3 Å². The first-order valence-corrected chi connectivity index (χ1v) is 12.8. The molecule has 9 heteroatoms. The first-order valence-electron chi connectivity index (χ1n) is 12.0. The highest BCUT2D eigenvalue weighted by Crippen LogP contribution is 2.55. The summed E-state index contributed by atoms with van der Waals surface area (Å²) >= 11 is 1.41. The highest BCUT2D eigenvalue weighted by molar-refractivity contribution is 7.17. The summed E-state index contributed by atoms with van der Waals surface area (Å²) in [6, 6.07) is 11.9. The summed E-state index contributed by atoms with van der Waals surface area (Å²) in [5.74, 6) is 1.09. The summed E-state index contributed by atoms with van der Waals surface area (Å²) in [6.07, 6.45) is 7.84. The normalized spacial score (nSPS) is 21.0. The number of hydrogen-bond acceptors (Lipinski definition) is 6. The molecule has 182 valence electrons. The van der Waals surface area contributed by atoms with Gasteiger partial charge in [-0.25, -0.2) is 15.0 Å². The fraction of sp³-hybridized carbons (Fsp3) is 0.296. The van der Waals surface area contributed by atoms with Crippen LogP contribution in [0.2, 0.25) is 0 Å². The van der Waals surface area contributed by atoms with E-state index < -0.39 is 0 Å². The molecule has 1 aromatic carbocycles. The first-order chi connectivity index (χ1) is 17.4. The zero-order valence-corrected chi connectivity index (χ0v) is 20.8. The van der Waals surface area contributed by atoms with Crippen molar-refractivity contribution in [1.29, 1.82) is 0 Å². The van der Waals surface area contributed by atoms with Crippen LogP contribution in [0.3, 0.4) is 0 Å². The Morgan fingerprint density at radius 2 is 1.94 bits per heavy atom. The summed E-state index contributed by atoms with van der Waals surface area (Å²) in [4.78, 5) is 42.0. The molecule has 0 bridgehead atoms. The number of anilines is 1. The first kappa shape index (κ1) is 22.6. The lowest BCUT2D eigenvalue weighted by Gasteiger charge is -2.46. The van der Waals surface area contributed by atoms with Gasteiger partial charge in [-0.05, 0) is 61.9 Å². The number of carbonyl (C=O) groups is 2. The van der Waals surface area contributed by atoms with Crippen molar-refractivity contribution in [1.82, 2.24) is 24.4 Å². The molecule has 2 fully saturated rings. The number of carbonyl (C=O) groups excluding carboxylic acids is 2. The van der Waals surface area contributed by atoms with Crippen molar-refractivity contribution in [2.75, 3.05) is 18.4 Å². The second-order valence-corrected chi connectivity index (χ2v) is 10.8.